The number of rotatable bonds is 10. The normalized spacial score (nSPS) is 40.8. The van der Waals surface area contributed by atoms with Crippen molar-refractivity contribution in [1.29, 1.82) is 0 Å². The fourth-order valence-corrected chi connectivity index (χ4v) is 13.2. The molecule has 10 atom stereocenters. The van der Waals surface area contributed by atoms with Crippen LogP contribution in [0.3, 0.4) is 0 Å². The molecule has 5 aliphatic carbocycles. The molecule has 0 aromatic rings. The van der Waals surface area contributed by atoms with E-state index in [0.29, 0.717) is 36.2 Å². The Balaban J connectivity index is 1.36. The molecule has 0 spiro atoms. The number of carboxylic acid groups (broad SMARTS) is 1. The van der Waals surface area contributed by atoms with Crippen LogP contribution in [0.5, 0.6) is 0 Å². The number of carbonyl (C=O) groups excluding carboxylic acids is 3. The number of allylic oxidation sites excluding steroid dienone is 1. The largest absolute Gasteiger partial charge is 0.481 e. The second kappa shape index (κ2) is 13.0. The second-order valence-corrected chi connectivity index (χ2v) is 19.1. The number of amides is 1. The SMILES string of the molecule is C=C(C)[C@@H]1CC[C@]2(CCOC(=O)CNC(C)=O)CC[C@]3(C)[C@H](CC[C@@H]4C5(C)CCC(OC(=O)CC(C)(C)C(=O)O)C(C)(C)[C@@H]5CC[C@]43C)[C@@H]12. The Morgan fingerprint density at radius 3 is 2.16 bits per heavy atom. The number of carbonyl (C=O) groups is 4. The first kappa shape index (κ1) is 37.9. The Labute approximate surface area is 295 Å². The summed E-state index contributed by atoms with van der Waals surface area (Å²) >= 11 is 0. The van der Waals surface area contributed by atoms with Crippen molar-refractivity contribution in [2.75, 3.05) is 13.2 Å². The Hall–Kier alpha value is -2.38. The predicted octanol–water partition coefficient (Wildman–Crippen LogP) is 8.13. The van der Waals surface area contributed by atoms with Crippen LogP contribution in [-0.2, 0) is 28.7 Å². The van der Waals surface area contributed by atoms with Gasteiger partial charge in [-0.05, 0) is 143 Å². The van der Waals surface area contributed by atoms with Gasteiger partial charge in [0.2, 0.25) is 5.91 Å². The summed E-state index contributed by atoms with van der Waals surface area (Å²) < 4.78 is 11.8. The Morgan fingerprint density at radius 2 is 1.53 bits per heavy atom. The molecule has 1 amide bonds. The van der Waals surface area contributed by atoms with Gasteiger partial charge in [-0.15, -0.1) is 0 Å². The van der Waals surface area contributed by atoms with Crippen LogP contribution in [0, 0.1) is 62.1 Å². The fraction of sp³-hybridized carbons (Fsp3) is 0.854. The van der Waals surface area contributed by atoms with Crippen molar-refractivity contribution in [3.63, 3.8) is 0 Å². The molecule has 2 N–H and O–H groups in total. The van der Waals surface area contributed by atoms with E-state index in [-0.39, 0.29) is 58.0 Å². The number of esters is 2. The summed E-state index contributed by atoms with van der Waals surface area (Å²) in [4.78, 5) is 48.4. The third kappa shape index (κ3) is 6.27. The summed E-state index contributed by atoms with van der Waals surface area (Å²) in [5.41, 5.74) is 0.593. The van der Waals surface area contributed by atoms with E-state index in [1.54, 1.807) is 13.8 Å². The number of aliphatic carboxylic acids is 1. The zero-order valence-corrected chi connectivity index (χ0v) is 32.0. The Bertz CT molecular complexity index is 1350. The summed E-state index contributed by atoms with van der Waals surface area (Å²) in [6, 6.07) is 0. The zero-order chi connectivity index (χ0) is 36.4. The van der Waals surface area contributed by atoms with Crippen LogP contribution in [0.1, 0.15) is 139 Å². The minimum atomic E-state index is -1.15. The van der Waals surface area contributed by atoms with Crippen molar-refractivity contribution in [3.8, 4) is 0 Å². The van der Waals surface area contributed by atoms with Gasteiger partial charge in [0.1, 0.15) is 12.6 Å². The highest BCUT2D eigenvalue weighted by Gasteiger charge is 2.71. The number of carboxylic acids is 1. The lowest BCUT2D eigenvalue weighted by atomic mass is 9.32. The minimum absolute atomic E-state index is 0.0801. The third-order valence-electron chi connectivity index (χ3n) is 16.0. The van der Waals surface area contributed by atoms with Gasteiger partial charge in [0.15, 0.2) is 0 Å². The van der Waals surface area contributed by atoms with Crippen LogP contribution in [0.25, 0.3) is 0 Å². The smallest absolute Gasteiger partial charge is 0.325 e. The minimum Gasteiger partial charge on any atom is -0.481 e. The molecular formula is C41H65NO7. The van der Waals surface area contributed by atoms with E-state index in [2.05, 4.69) is 53.4 Å². The van der Waals surface area contributed by atoms with Gasteiger partial charge in [-0.3, -0.25) is 19.2 Å². The molecule has 8 nitrogen and oxygen atoms in total. The number of fused-ring (bicyclic) bond motifs is 7. The molecule has 0 aliphatic heterocycles. The molecular weight excluding hydrogens is 618 g/mol. The van der Waals surface area contributed by atoms with E-state index in [0.717, 1.165) is 44.9 Å². The van der Waals surface area contributed by atoms with Gasteiger partial charge in [0.05, 0.1) is 18.4 Å². The van der Waals surface area contributed by atoms with E-state index >= 15 is 0 Å². The molecule has 0 bridgehead atoms. The maximum Gasteiger partial charge on any atom is 0.325 e. The van der Waals surface area contributed by atoms with Crippen molar-refractivity contribution >= 4 is 23.8 Å². The summed E-state index contributed by atoms with van der Waals surface area (Å²) in [7, 11) is 0. The van der Waals surface area contributed by atoms with Gasteiger partial charge in [-0.25, -0.2) is 0 Å². The Morgan fingerprint density at radius 1 is 0.837 bits per heavy atom. The lowest BCUT2D eigenvalue weighted by Gasteiger charge is -2.73. The second-order valence-electron chi connectivity index (χ2n) is 19.1. The molecule has 0 aromatic heterocycles. The first-order valence-corrected chi connectivity index (χ1v) is 19.1. The molecule has 5 rings (SSSR count). The average Bonchev–Trinajstić information content (AvgIpc) is 3.37. The number of ether oxygens (including phenoxy) is 2. The van der Waals surface area contributed by atoms with Crippen molar-refractivity contribution < 1.29 is 33.8 Å². The summed E-state index contributed by atoms with van der Waals surface area (Å²) in [5, 5.41) is 12.1. The molecule has 0 saturated heterocycles. The van der Waals surface area contributed by atoms with E-state index in [9.17, 15) is 24.3 Å². The highest BCUT2D eigenvalue weighted by molar-refractivity contribution is 5.81. The number of nitrogens with one attached hydrogen (secondary N) is 1. The van der Waals surface area contributed by atoms with E-state index in [4.69, 9.17) is 9.47 Å². The molecule has 5 aliphatic rings. The van der Waals surface area contributed by atoms with Crippen molar-refractivity contribution in [3.05, 3.63) is 12.2 Å². The topological polar surface area (TPSA) is 119 Å². The van der Waals surface area contributed by atoms with Crippen molar-refractivity contribution in [1.82, 2.24) is 5.32 Å². The number of hydrogen-bond acceptors (Lipinski definition) is 6. The van der Waals surface area contributed by atoms with Crippen LogP contribution in [0.15, 0.2) is 12.2 Å². The molecule has 49 heavy (non-hydrogen) atoms. The average molecular weight is 684 g/mol. The van der Waals surface area contributed by atoms with Gasteiger partial charge in [0.25, 0.3) is 0 Å². The van der Waals surface area contributed by atoms with Gasteiger partial charge in [-0.1, -0.05) is 46.8 Å². The standard InChI is InChI=1S/C41H65NO7/c1-25(2)27-13-18-41(21-22-48-33(45)24-42-26(3)43)20-19-39(9)28(34(27)41)11-12-30-38(8)16-15-31(49-32(44)23-36(4,5)35(46)47)37(6,7)29(38)14-17-40(30,39)10/h27-31,34H,1,11-24H2,2-10H3,(H,42,43)(H,46,47)/t27-,28+,29-,30+,31?,34+,38?,39+,40+,41+/m0/s1. The number of hydrogen-bond donors (Lipinski definition) is 2. The Kier molecular flexibility index (Phi) is 10.0. The zero-order valence-electron chi connectivity index (χ0n) is 32.0. The molecule has 0 aromatic carbocycles. The maximum absolute atomic E-state index is 13.1. The molecule has 0 heterocycles. The van der Waals surface area contributed by atoms with Crippen LogP contribution in [0.4, 0.5) is 0 Å². The van der Waals surface area contributed by atoms with Crippen LogP contribution < -0.4 is 5.32 Å². The molecule has 2 unspecified atom stereocenters. The van der Waals surface area contributed by atoms with Gasteiger partial charge >= 0.3 is 17.9 Å². The molecule has 5 saturated carbocycles. The lowest BCUT2D eigenvalue weighted by Crippen LogP contribution is -2.66. The molecule has 0 radical (unpaired) electrons. The van der Waals surface area contributed by atoms with Crippen LogP contribution in [0.2, 0.25) is 0 Å². The predicted molar refractivity (Wildman–Crippen MR) is 189 cm³/mol. The van der Waals surface area contributed by atoms with Gasteiger partial charge in [0, 0.05) is 12.3 Å². The third-order valence-corrected chi connectivity index (χ3v) is 16.0. The lowest BCUT2D eigenvalue weighted by molar-refractivity contribution is -0.251. The summed E-state index contributed by atoms with van der Waals surface area (Å²) in [6.07, 6.45) is 11.7. The highest BCUT2D eigenvalue weighted by atomic mass is 16.5. The van der Waals surface area contributed by atoms with E-state index < -0.39 is 17.4 Å². The van der Waals surface area contributed by atoms with E-state index in [1.165, 1.54) is 38.2 Å². The van der Waals surface area contributed by atoms with E-state index in [1.807, 2.05) is 0 Å². The summed E-state index contributed by atoms with van der Waals surface area (Å²) in [5.74, 6) is 0.619. The quantitative estimate of drug-likeness (QED) is 0.176. The monoisotopic (exact) mass is 683 g/mol. The molecule has 8 heteroatoms. The van der Waals surface area contributed by atoms with Gasteiger partial charge < -0.3 is 19.9 Å². The first-order chi connectivity index (χ1) is 22.6. The highest BCUT2D eigenvalue weighted by Crippen LogP contribution is 2.78. The maximum atomic E-state index is 13.1. The first-order valence-electron chi connectivity index (χ1n) is 19.1. The van der Waals surface area contributed by atoms with Gasteiger partial charge in [-0.2, -0.15) is 0 Å². The van der Waals surface area contributed by atoms with Crippen LogP contribution in [-0.4, -0.2) is 48.2 Å². The van der Waals surface area contributed by atoms with Crippen molar-refractivity contribution in [2.24, 2.45) is 62.1 Å². The van der Waals surface area contributed by atoms with Crippen molar-refractivity contribution in [2.45, 2.75) is 145 Å². The van der Waals surface area contributed by atoms with Crippen LogP contribution >= 0.6 is 0 Å². The fourth-order valence-electron chi connectivity index (χ4n) is 13.2. The molecule has 5 fully saturated rings. The summed E-state index contributed by atoms with van der Waals surface area (Å²) in [6.45, 7) is 24.0. The molecule has 276 valence electrons.